The number of likely N-dealkylation sites (tertiary alicyclic amines) is 1. The van der Waals surface area contributed by atoms with E-state index < -0.39 is 0 Å². The van der Waals surface area contributed by atoms with Crippen LogP contribution in [0.2, 0.25) is 0 Å². The number of halogens is 1. The number of aromatic nitrogens is 1. The number of piperidine rings is 1. The predicted octanol–water partition coefficient (Wildman–Crippen LogP) is 3.06. The summed E-state index contributed by atoms with van der Waals surface area (Å²) in [6, 6.07) is 0. The quantitative estimate of drug-likeness (QED) is 0.294. The third-order valence-electron chi connectivity index (χ3n) is 4.04. The van der Waals surface area contributed by atoms with Crippen LogP contribution in [0.3, 0.4) is 0 Å². The van der Waals surface area contributed by atoms with Gasteiger partial charge in [-0.3, -0.25) is 4.79 Å². The van der Waals surface area contributed by atoms with Crippen molar-refractivity contribution in [2.24, 2.45) is 10.9 Å². The maximum Gasteiger partial charge on any atom is 0.309 e. The van der Waals surface area contributed by atoms with E-state index in [1.807, 2.05) is 6.92 Å². The molecule has 1 aromatic heterocycles. The van der Waals surface area contributed by atoms with E-state index in [0.29, 0.717) is 13.2 Å². The number of aliphatic imine (C=N–C) groups is 1. The minimum Gasteiger partial charge on any atom is -0.466 e. The zero-order chi connectivity index (χ0) is 17.4. The van der Waals surface area contributed by atoms with Gasteiger partial charge in [-0.05, 0) is 33.1 Å². The molecule has 1 N–H and O–H groups in total. The summed E-state index contributed by atoms with van der Waals surface area (Å²) in [6.45, 7) is 9.56. The SMILES string of the molecule is CCNC(=NCc1csc(CC)n1)N1CCC(C(=O)OCC)CC1.I. The summed E-state index contributed by atoms with van der Waals surface area (Å²) in [5.41, 5.74) is 1.02. The molecule has 0 unspecified atom stereocenters. The fourth-order valence-corrected chi connectivity index (χ4v) is 3.49. The lowest BCUT2D eigenvalue weighted by Gasteiger charge is -2.33. The third-order valence-corrected chi connectivity index (χ3v) is 5.08. The molecule has 1 aromatic rings. The van der Waals surface area contributed by atoms with Gasteiger partial charge in [-0.15, -0.1) is 35.3 Å². The van der Waals surface area contributed by atoms with Crippen LogP contribution in [0.5, 0.6) is 0 Å². The highest BCUT2D eigenvalue weighted by atomic mass is 127. The summed E-state index contributed by atoms with van der Waals surface area (Å²) in [4.78, 5) is 23.4. The highest BCUT2D eigenvalue weighted by molar-refractivity contribution is 14.0. The molecule has 1 fully saturated rings. The lowest BCUT2D eigenvalue weighted by atomic mass is 9.97. The first-order chi connectivity index (χ1) is 11.7. The van der Waals surface area contributed by atoms with Gasteiger partial charge in [0.1, 0.15) is 0 Å². The number of aryl methyl sites for hydroxylation is 1. The standard InChI is InChI=1S/C17H28N4O2S.HI/c1-4-15-20-14(12-24-15)11-19-17(18-5-2)21-9-7-13(8-10-21)16(22)23-6-3;/h12-13H,4-11H2,1-3H3,(H,18,19);1H. The second-order valence-electron chi connectivity index (χ2n) is 5.77. The molecule has 0 saturated carbocycles. The fourth-order valence-electron chi connectivity index (χ4n) is 2.75. The summed E-state index contributed by atoms with van der Waals surface area (Å²) in [6.07, 6.45) is 2.61. The highest BCUT2D eigenvalue weighted by Gasteiger charge is 2.27. The summed E-state index contributed by atoms with van der Waals surface area (Å²) in [7, 11) is 0. The van der Waals surface area contributed by atoms with E-state index >= 15 is 0 Å². The molecule has 8 heteroatoms. The van der Waals surface area contributed by atoms with Gasteiger partial charge < -0.3 is 15.0 Å². The first-order valence-corrected chi connectivity index (χ1v) is 9.69. The molecule has 0 aliphatic carbocycles. The van der Waals surface area contributed by atoms with E-state index in [0.717, 1.165) is 55.6 Å². The summed E-state index contributed by atoms with van der Waals surface area (Å²) in [5, 5.41) is 6.58. The molecule has 1 aliphatic rings. The van der Waals surface area contributed by atoms with Crippen molar-refractivity contribution in [3.8, 4) is 0 Å². The van der Waals surface area contributed by atoms with Crippen LogP contribution in [0.1, 0.15) is 44.3 Å². The van der Waals surface area contributed by atoms with Crippen molar-refractivity contribution < 1.29 is 9.53 Å². The Balaban J connectivity index is 0.00000312. The lowest BCUT2D eigenvalue weighted by Crippen LogP contribution is -2.46. The zero-order valence-corrected chi connectivity index (χ0v) is 18.4. The van der Waals surface area contributed by atoms with Crippen LogP contribution in [0.15, 0.2) is 10.4 Å². The van der Waals surface area contributed by atoms with Crippen LogP contribution in [0, 0.1) is 5.92 Å². The van der Waals surface area contributed by atoms with Crippen LogP contribution >= 0.6 is 35.3 Å². The van der Waals surface area contributed by atoms with Crippen molar-refractivity contribution in [2.75, 3.05) is 26.2 Å². The molecule has 0 radical (unpaired) electrons. The maximum absolute atomic E-state index is 11.8. The lowest BCUT2D eigenvalue weighted by molar-refractivity contribution is -0.149. The molecular formula is C17H29IN4O2S. The molecule has 6 nitrogen and oxygen atoms in total. The van der Waals surface area contributed by atoms with E-state index in [9.17, 15) is 4.79 Å². The summed E-state index contributed by atoms with van der Waals surface area (Å²) < 4.78 is 5.13. The molecule has 0 spiro atoms. The molecule has 25 heavy (non-hydrogen) atoms. The third kappa shape index (κ3) is 6.73. The monoisotopic (exact) mass is 480 g/mol. The number of rotatable bonds is 6. The Hall–Kier alpha value is -0.900. The van der Waals surface area contributed by atoms with Crippen molar-refractivity contribution in [2.45, 2.75) is 46.6 Å². The van der Waals surface area contributed by atoms with E-state index in [-0.39, 0.29) is 35.9 Å². The van der Waals surface area contributed by atoms with Crippen LogP contribution in [-0.4, -0.2) is 48.1 Å². The number of esters is 1. The van der Waals surface area contributed by atoms with Gasteiger partial charge in [0.15, 0.2) is 5.96 Å². The topological polar surface area (TPSA) is 66.8 Å². The molecule has 2 heterocycles. The van der Waals surface area contributed by atoms with E-state index in [1.54, 1.807) is 11.3 Å². The number of nitrogens with one attached hydrogen (secondary N) is 1. The number of ether oxygens (including phenoxy) is 1. The van der Waals surface area contributed by atoms with Gasteiger partial charge in [0.05, 0.1) is 29.8 Å². The fraction of sp³-hybridized carbons (Fsp3) is 0.706. The van der Waals surface area contributed by atoms with E-state index in [1.165, 1.54) is 0 Å². The second-order valence-corrected chi connectivity index (χ2v) is 6.71. The number of guanidine groups is 1. The molecule has 0 aromatic carbocycles. The molecule has 1 aliphatic heterocycles. The maximum atomic E-state index is 11.8. The molecule has 0 bridgehead atoms. The first kappa shape index (κ1) is 22.1. The largest absolute Gasteiger partial charge is 0.466 e. The van der Waals surface area contributed by atoms with Gasteiger partial charge in [-0.2, -0.15) is 0 Å². The molecule has 2 rings (SSSR count). The van der Waals surface area contributed by atoms with E-state index in [2.05, 4.69) is 34.4 Å². The summed E-state index contributed by atoms with van der Waals surface area (Å²) in [5.74, 6) is 0.870. The van der Waals surface area contributed by atoms with Crippen molar-refractivity contribution in [3.05, 3.63) is 16.1 Å². The van der Waals surface area contributed by atoms with Gasteiger partial charge in [0, 0.05) is 25.0 Å². The Labute approximate surface area is 171 Å². The number of thiazole rings is 1. The van der Waals surface area contributed by atoms with Crippen molar-refractivity contribution in [1.29, 1.82) is 0 Å². The van der Waals surface area contributed by atoms with Gasteiger partial charge in [-0.25, -0.2) is 9.98 Å². The Morgan fingerprint density at radius 1 is 1.40 bits per heavy atom. The van der Waals surface area contributed by atoms with Crippen LogP contribution in [0.25, 0.3) is 0 Å². The second kappa shape index (κ2) is 11.7. The average molecular weight is 480 g/mol. The van der Waals surface area contributed by atoms with Crippen LogP contribution in [-0.2, 0) is 22.5 Å². The molecular weight excluding hydrogens is 451 g/mol. The number of carbonyl (C=O) groups is 1. The van der Waals surface area contributed by atoms with Gasteiger partial charge in [0.25, 0.3) is 0 Å². The zero-order valence-electron chi connectivity index (χ0n) is 15.3. The van der Waals surface area contributed by atoms with Crippen molar-refractivity contribution in [1.82, 2.24) is 15.2 Å². The number of hydrogen-bond acceptors (Lipinski definition) is 5. The Bertz CT molecular complexity index is 557. The number of hydrogen-bond donors (Lipinski definition) is 1. The molecule has 1 saturated heterocycles. The minimum atomic E-state index is -0.0614. The normalized spacial score (nSPS) is 15.6. The number of nitrogens with zero attached hydrogens (tertiary/aromatic N) is 3. The summed E-state index contributed by atoms with van der Waals surface area (Å²) >= 11 is 1.69. The highest BCUT2D eigenvalue weighted by Crippen LogP contribution is 2.19. The molecule has 0 atom stereocenters. The van der Waals surface area contributed by atoms with Crippen LogP contribution in [0.4, 0.5) is 0 Å². The molecule has 142 valence electrons. The van der Waals surface area contributed by atoms with Crippen LogP contribution < -0.4 is 5.32 Å². The van der Waals surface area contributed by atoms with Gasteiger partial charge in [0.2, 0.25) is 0 Å². The van der Waals surface area contributed by atoms with Crippen molar-refractivity contribution in [3.63, 3.8) is 0 Å². The molecule has 0 amide bonds. The smallest absolute Gasteiger partial charge is 0.309 e. The predicted molar refractivity (Wildman–Crippen MR) is 113 cm³/mol. The number of carbonyl (C=O) groups excluding carboxylic acids is 1. The Morgan fingerprint density at radius 3 is 2.68 bits per heavy atom. The first-order valence-electron chi connectivity index (χ1n) is 8.81. The minimum absolute atomic E-state index is 0. The Kier molecular flexibility index (Phi) is 10.3. The van der Waals surface area contributed by atoms with Gasteiger partial charge >= 0.3 is 5.97 Å². The van der Waals surface area contributed by atoms with Gasteiger partial charge in [-0.1, -0.05) is 6.92 Å². The van der Waals surface area contributed by atoms with Crippen molar-refractivity contribution >= 4 is 47.2 Å². The average Bonchev–Trinajstić information content (AvgIpc) is 3.07. The Morgan fingerprint density at radius 2 is 2.12 bits per heavy atom. The van der Waals surface area contributed by atoms with E-state index in [4.69, 9.17) is 9.73 Å².